The zero-order valence-corrected chi connectivity index (χ0v) is 19.1. The van der Waals surface area contributed by atoms with Crippen molar-refractivity contribution < 1.29 is 14.8 Å². The van der Waals surface area contributed by atoms with Crippen LogP contribution in [0.2, 0.25) is 5.02 Å². The van der Waals surface area contributed by atoms with Crippen molar-refractivity contribution in [1.82, 2.24) is 0 Å². The minimum atomic E-state index is -0.618. The minimum Gasteiger partial charge on any atom is -0.502 e. The fraction of sp³-hybridized carbons (Fsp3) is 0.0370. The van der Waals surface area contributed by atoms with Crippen LogP contribution in [0.15, 0.2) is 96.0 Å². The first-order valence-corrected chi connectivity index (χ1v) is 11.0. The van der Waals surface area contributed by atoms with Crippen LogP contribution in [0.4, 0.5) is 17.1 Å². The fourth-order valence-electron chi connectivity index (χ4n) is 3.51. The lowest BCUT2D eigenvalue weighted by Gasteiger charge is -2.07. The number of nitrogens with zero attached hydrogens (tertiary/aromatic N) is 2. The molecule has 2 N–H and O–H groups in total. The van der Waals surface area contributed by atoms with Gasteiger partial charge in [-0.25, -0.2) is 0 Å². The quantitative estimate of drug-likeness (QED) is 0.176. The molecule has 0 bridgehead atoms. The van der Waals surface area contributed by atoms with E-state index < -0.39 is 10.7 Å². The number of carbonyl (C=O) groups is 1. The highest BCUT2D eigenvalue weighted by Crippen LogP contribution is 2.32. The van der Waals surface area contributed by atoms with E-state index >= 15 is 0 Å². The second kappa shape index (κ2) is 10.6. The number of carbonyl (C=O) groups excluding carboxylic acids is 1. The molecular weight excluding hydrogens is 466 g/mol. The van der Waals surface area contributed by atoms with E-state index in [1.807, 2.05) is 30.3 Å². The summed E-state index contributed by atoms with van der Waals surface area (Å²) in [5.74, 6) is -0.781. The third-order valence-corrected chi connectivity index (χ3v) is 5.41. The Morgan fingerprint density at radius 1 is 0.971 bits per heavy atom. The zero-order valence-electron chi connectivity index (χ0n) is 18.4. The van der Waals surface area contributed by atoms with Crippen LogP contribution in [0.3, 0.4) is 0 Å². The Bertz CT molecular complexity index is 1420. The van der Waals surface area contributed by atoms with Crippen molar-refractivity contribution in [3.63, 3.8) is 0 Å². The molecular formula is C27H20ClN3O4. The number of phenols is 1. The molecule has 1 amide bonds. The normalized spacial score (nSPS) is 10.9. The molecule has 0 atom stereocenters. The summed E-state index contributed by atoms with van der Waals surface area (Å²) in [6.07, 6.45) is 1.84. The average molecular weight is 486 g/mol. The van der Waals surface area contributed by atoms with E-state index in [9.17, 15) is 20.0 Å². The van der Waals surface area contributed by atoms with E-state index in [1.54, 1.807) is 54.6 Å². The highest BCUT2D eigenvalue weighted by molar-refractivity contribution is 6.31. The summed E-state index contributed by atoms with van der Waals surface area (Å²) < 4.78 is 0. The van der Waals surface area contributed by atoms with Crippen LogP contribution in [0.5, 0.6) is 5.75 Å². The maximum Gasteiger partial charge on any atom is 0.311 e. The van der Waals surface area contributed by atoms with Crippen LogP contribution in [-0.4, -0.2) is 22.2 Å². The van der Waals surface area contributed by atoms with Gasteiger partial charge in [-0.2, -0.15) is 0 Å². The van der Waals surface area contributed by atoms with Gasteiger partial charge in [0, 0.05) is 34.1 Å². The molecule has 4 rings (SSSR count). The number of rotatable bonds is 7. The Morgan fingerprint density at radius 3 is 2.49 bits per heavy atom. The number of aliphatic imine (C=N–C) groups is 1. The van der Waals surface area contributed by atoms with Gasteiger partial charge in [-0.15, -0.1) is 0 Å². The molecule has 4 aromatic carbocycles. The third kappa shape index (κ3) is 6.10. The van der Waals surface area contributed by atoms with Crippen molar-refractivity contribution in [3.8, 4) is 5.75 Å². The van der Waals surface area contributed by atoms with Crippen LogP contribution in [-0.2, 0) is 6.42 Å². The summed E-state index contributed by atoms with van der Waals surface area (Å²) in [5.41, 5.74) is 2.91. The largest absolute Gasteiger partial charge is 0.502 e. The molecule has 0 saturated heterocycles. The number of nitro benzene ring substituents is 1. The monoisotopic (exact) mass is 485 g/mol. The van der Waals surface area contributed by atoms with E-state index in [0.717, 1.165) is 5.56 Å². The predicted molar refractivity (Wildman–Crippen MR) is 137 cm³/mol. The number of phenolic OH excluding ortho intramolecular Hbond substituents is 1. The van der Waals surface area contributed by atoms with Gasteiger partial charge in [-0.1, -0.05) is 54.1 Å². The first kappa shape index (κ1) is 23.7. The molecule has 8 heteroatoms. The lowest BCUT2D eigenvalue weighted by atomic mass is 10.0. The van der Waals surface area contributed by atoms with Gasteiger partial charge in [0.2, 0.25) is 5.75 Å². The van der Waals surface area contributed by atoms with E-state index in [0.29, 0.717) is 33.9 Å². The summed E-state index contributed by atoms with van der Waals surface area (Å²) >= 11 is 5.95. The number of hydrogen-bond acceptors (Lipinski definition) is 5. The van der Waals surface area contributed by atoms with E-state index in [2.05, 4.69) is 10.3 Å². The number of amides is 1. The van der Waals surface area contributed by atoms with Gasteiger partial charge in [0.25, 0.3) is 5.91 Å². The SMILES string of the molecule is O=C(Nc1cccc(N=Cc2cc(Cc3ccccc3)cc([N+](=O)[O-])c2O)c1)c1cccc(Cl)c1. The van der Waals surface area contributed by atoms with Gasteiger partial charge in [0.1, 0.15) is 0 Å². The highest BCUT2D eigenvalue weighted by atomic mass is 35.5. The van der Waals surface area contributed by atoms with Gasteiger partial charge >= 0.3 is 5.69 Å². The molecule has 7 nitrogen and oxygen atoms in total. The molecule has 0 unspecified atom stereocenters. The van der Waals surface area contributed by atoms with Crippen molar-refractivity contribution in [2.24, 2.45) is 4.99 Å². The number of anilines is 1. The molecule has 4 aromatic rings. The third-order valence-electron chi connectivity index (χ3n) is 5.17. The van der Waals surface area contributed by atoms with E-state index in [-0.39, 0.29) is 17.2 Å². The maximum atomic E-state index is 12.5. The smallest absolute Gasteiger partial charge is 0.311 e. The molecule has 0 aliphatic heterocycles. The van der Waals surface area contributed by atoms with Crippen molar-refractivity contribution in [2.75, 3.05) is 5.32 Å². The highest BCUT2D eigenvalue weighted by Gasteiger charge is 2.18. The topological polar surface area (TPSA) is 105 Å². The van der Waals surface area contributed by atoms with Crippen molar-refractivity contribution in [2.45, 2.75) is 6.42 Å². The summed E-state index contributed by atoms with van der Waals surface area (Å²) in [4.78, 5) is 27.7. The fourth-order valence-corrected chi connectivity index (χ4v) is 3.70. The standard InChI is InChI=1S/C27H20ClN3O4/c28-22-9-4-8-20(15-22)27(33)30-24-11-5-10-23(16-24)29-17-21-13-19(12-18-6-2-1-3-7-18)14-25(26(21)32)31(34)35/h1-11,13-17,32H,12H2,(H,30,33). The van der Waals surface area contributed by atoms with Crippen LogP contribution in [0.1, 0.15) is 27.0 Å². The van der Waals surface area contributed by atoms with Crippen molar-refractivity contribution >= 4 is 40.8 Å². The number of nitro groups is 1. The Balaban J connectivity index is 1.58. The molecule has 0 aromatic heterocycles. The zero-order chi connectivity index (χ0) is 24.8. The Hall–Kier alpha value is -4.49. The predicted octanol–water partition coefficient (Wildman–Crippen LogP) is 6.55. The second-order valence-electron chi connectivity index (χ2n) is 7.75. The van der Waals surface area contributed by atoms with Crippen LogP contribution in [0, 0.1) is 10.1 Å². The molecule has 0 heterocycles. The molecule has 0 fully saturated rings. The van der Waals surface area contributed by atoms with Crippen LogP contribution >= 0.6 is 11.6 Å². The number of nitrogens with one attached hydrogen (secondary N) is 1. The molecule has 0 aliphatic rings. The molecule has 0 spiro atoms. The Kier molecular flexibility index (Phi) is 7.18. The molecule has 174 valence electrons. The molecule has 0 aliphatic carbocycles. The summed E-state index contributed by atoms with van der Waals surface area (Å²) in [5, 5.41) is 25.2. The minimum absolute atomic E-state index is 0.221. The second-order valence-corrected chi connectivity index (χ2v) is 8.18. The Morgan fingerprint density at radius 2 is 1.74 bits per heavy atom. The number of benzene rings is 4. The molecule has 0 radical (unpaired) electrons. The van der Waals surface area contributed by atoms with Crippen LogP contribution < -0.4 is 5.32 Å². The summed E-state index contributed by atoms with van der Waals surface area (Å²) in [6.45, 7) is 0. The van der Waals surface area contributed by atoms with Gasteiger partial charge in [0.05, 0.1) is 10.6 Å². The van der Waals surface area contributed by atoms with Gasteiger partial charge in [-0.05, 0) is 60.0 Å². The molecule has 0 saturated carbocycles. The number of hydrogen-bond donors (Lipinski definition) is 2. The van der Waals surface area contributed by atoms with Gasteiger partial charge in [0.15, 0.2) is 0 Å². The summed E-state index contributed by atoms with van der Waals surface area (Å²) in [6, 6.07) is 26.0. The first-order chi connectivity index (χ1) is 16.9. The Labute approximate surface area is 206 Å². The maximum absolute atomic E-state index is 12.5. The number of halogens is 1. The van der Waals surface area contributed by atoms with Crippen molar-refractivity contribution in [1.29, 1.82) is 0 Å². The van der Waals surface area contributed by atoms with Gasteiger partial charge in [-0.3, -0.25) is 19.9 Å². The van der Waals surface area contributed by atoms with E-state index in [4.69, 9.17) is 11.6 Å². The van der Waals surface area contributed by atoms with Crippen molar-refractivity contribution in [3.05, 3.63) is 128 Å². The lowest BCUT2D eigenvalue weighted by Crippen LogP contribution is -2.11. The van der Waals surface area contributed by atoms with Gasteiger partial charge < -0.3 is 10.4 Å². The molecule has 35 heavy (non-hydrogen) atoms. The van der Waals surface area contributed by atoms with Crippen LogP contribution in [0.25, 0.3) is 0 Å². The van der Waals surface area contributed by atoms with E-state index in [1.165, 1.54) is 12.3 Å². The lowest BCUT2D eigenvalue weighted by molar-refractivity contribution is -0.385. The summed E-state index contributed by atoms with van der Waals surface area (Å²) in [7, 11) is 0. The average Bonchev–Trinajstić information content (AvgIpc) is 2.85. The number of aromatic hydroxyl groups is 1. The first-order valence-electron chi connectivity index (χ1n) is 10.6.